The Labute approximate surface area is 254 Å². The topological polar surface area (TPSA) is 44.8 Å². The zero-order chi connectivity index (χ0) is 30.0. The van der Waals surface area contributed by atoms with Crippen LogP contribution in [0.4, 0.5) is 0 Å². The quantitative estimate of drug-likeness (QED) is 0.0629. The molecule has 0 saturated carbocycles. The van der Waals surface area contributed by atoms with Gasteiger partial charge in [0.25, 0.3) is 0 Å². The molecule has 0 saturated heterocycles. The zero-order valence-electron chi connectivity index (χ0n) is 27.6. The van der Waals surface area contributed by atoms with Gasteiger partial charge in [-0.2, -0.15) is 0 Å². The van der Waals surface area contributed by atoms with Crippen LogP contribution in [-0.2, 0) is 9.53 Å². The first-order valence-electron chi connectivity index (χ1n) is 17.2. The Hall–Kier alpha value is -1.97. The van der Waals surface area contributed by atoms with E-state index in [2.05, 4.69) is 13.8 Å². The minimum absolute atomic E-state index is 0.352. The molecule has 1 rings (SSSR count). The van der Waals surface area contributed by atoms with E-state index < -0.39 is 5.60 Å². The highest BCUT2D eigenvalue weighted by Crippen LogP contribution is 2.27. The van der Waals surface area contributed by atoms with Crippen LogP contribution in [0.3, 0.4) is 0 Å². The largest absolute Gasteiger partial charge is 0.494 e. The molecule has 4 heteroatoms. The van der Waals surface area contributed by atoms with E-state index >= 15 is 0 Å². The second kappa shape index (κ2) is 24.6. The van der Waals surface area contributed by atoms with E-state index in [9.17, 15) is 4.79 Å². The SMILES string of the molecule is CCCCCCCCCCCCOc1ccc(OCCCCCCCCCCCC)c(C=CC(=O)OC(C)(C)C)c1. The summed E-state index contributed by atoms with van der Waals surface area (Å²) in [7, 11) is 0. The molecule has 0 aromatic heterocycles. The van der Waals surface area contributed by atoms with Crippen molar-refractivity contribution in [2.75, 3.05) is 13.2 Å². The number of rotatable bonds is 26. The van der Waals surface area contributed by atoms with E-state index in [1.165, 1.54) is 122 Å². The first kappa shape index (κ1) is 37.1. The summed E-state index contributed by atoms with van der Waals surface area (Å²) in [4.78, 5) is 12.3. The van der Waals surface area contributed by atoms with Gasteiger partial charge in [0.2, 0.25) is 0 Å². The van der Waals surface area contributed by atoms with Crippen molar-refractivity contribution >= 4 is 12.0 Å². The van der Waals surface area contributed by atoms with Crippen molar-refractivity contribution in [3.8, 4) is 11.5 Å². The predicted octanol–water partition coefficient (Wildman–Crippen LogP) is 11.6. The van der Waals surface area contributed by atoms with Gasteiger partial charge in [0.1, 0.15) is 17.1 Å². The maximum atomic E-state index is 12.3. The third kappa shape index (κ3) is 22.3. The summed E-state index contributed by atoms with van der Waals surface area (Å²) >= 11 is 0. The highest BCUT2D eigenvalue weighted by molar-refractivity contribution is 5.88. The van der Waals surface area contributed by atoms with Crippen molar-refractivity contribution < 1.29 is 19.0 Å². The number of carbonyl (C=O) groups excluding carboxylic acids is 1. The Kier molecular flexibility index (Phi) is 22.2. The molecule has 0 fully saturated rings. The number of hydrogen-bond donors (Lipinski definition) is 0. The molecule has 0 bridgehead atoms. The van der Waals surface area contributed by atoms with Crippen LogP contribution in [0.1, 0.15) is 169 Å². The third-order valence-electron chi connectivity index (χ3n) is 7.31. The van der Waals surface area contributed by atoms with Crippen LogP contribution in [0, 0.1) is 0 Å². The van der Waals surface area contributed by atoms with Gasteiger partial charge < -0.3 is 14.2 Å². The molecule has 0 aliphatic rings. The lowest BCUT2D eigenvalue weighted by atomic mass is 10.1. The fourth-order valence-corrected chi connectivity index (χ4v) is 4.92. The van der Waals surface area contributed by atoms with Gasteiger partial charge in [-0.25, -0.2) is 4.79 Å². The molecule has 4 nitrogen and oxygen atoms in total. The first-order chi connectivity index (χ1) is 19.9. The second-order valence-electron chi connectivity index (χ2n) is 12.6. The lowest BCUT2D eigenvalue weighted by molar-refractivity contribution is -0.148. The summed E-state index contributed by atoms with van der Waals surface area (Å²) in [6.45, 7) is 11.6. The average Bonchev–Trinajstić information content (AvgIpc) is 2.93. The van der Waals surface area contributed by atoms with Gasteiger partial charge in [0, 0.05) is 11.6 Å². The van der Waals surface area contributed by atoms with Crippen molar-refractivity contribution in [3.63, 3.8) is 0 Å². The third-order valence-corrected chi connectivity index (χ3v) is 7.31. The maximum Gasteiger partial charge on any atom is 0.331 e. The van der Waals surface area contributed by atoms with Crippen LogP contribution in [0.15, 0.2) is 24.3 Å². The van der Waals surface area contributed by atoms with Crippen molar-refractivity contribution in [1.82, 2.24) is 0 Å². The van der Waals surface area contributed by atoms with Gasteiger partial charge in [-0.1, -0.05) is 129 Å². The molecule has 0 aliphatic heterocycles. The number of benzene rings is 1. The minimum Gasteiger partial charge on any atom is -0.494 e. The van der Waals surface area contributed by atoms with E-state index in [0.717, 1.165) is 29.9 Å². The molecule has 0 aliphatic carbocycles. The smallest absolute Gasteiger partial charge is 0.331 e. The second-order valence-corrected chi connectivity index (χ2v) is 12.6. The van der Waals surface area contributed by atoms with Gasteiger partial charge in [0.15, 0.2) is 0 Å². The summed E-state index contributed by atoms with van der Waals surface area (Å²) in [5.74, 6) is 1.25. The number of carbonyl (C=O) groups is 1. The lowest BCUT2D eigenvalue weighted by Gasteiger charge is -2.18. The highest BCUT2D eigenvalue weighted by atomic mass is 16.6. The number of unbranched alkanes of at least 4 members (excludes halogenated alkanes) is 18. The molecule has 0 radical (unpaired) electrons. The van der Waals surface area contributed by atoms with E-state index in [0.29, 0.717) is 13.2 Å². The van der Waals surface area contributed by atoms with E-state index in [1.54, 1.807) is 6.08 Å². The molecular weight excluding hydrogens is 508 g/mol. The zero-order valence-corrected chi connectivity index (χ0v) is 27.6. The Morgan fingerprint density at radius 2 is 1.07 bits per heavy atom. The summed E-state index contributed by atoms with van der Waals surface area (Å²) in [6, 6.07) is 5.93. The predicted molar refractivity (Wildman–Crippen MR) is 176 cm³/mol. The summed E-state index contributed by atoms with van der Waals surface area (Å²) in [5.41, 5.74) is 0.333. The Bertz CT molecular complexity index is 793. The van der Waals surface area contributed by atoms with Crippen LogP contribution < -0.4 is 9.47 Å². The molecule has 236 valence electrons. The number of hydrogen-bond acceptors (Lipinski definition) is 4. The molecule has 1 aromatic rings. The van der Waals surface area contributed by atoms with Gasteiger partial charge in [-0.3, -0.25) is 0 Å². The average molecular weight is 573 g/mol. The van der Waals surface area contributed by atoms with Crippen LogP contribution in [-0.4, -0.2) is 24.8 Å². The molecular formula is C37H64O4. The molecule has 0 atom stereocenters. The minimum atomic E-state index is -0.518. The Morgan fingerprint density at radius 1 is 0.634 bits per heavy atom. The Morgan fingerprint density at radius 3 is 1.54 bits per heavy atom. The fourth-order valence-electron chi connectivity index (χ4n) is 4.92. The molecule has 0 amide bonds. The lowest BCUT2D eigenvalue weighted by Crippen LogP contribution is -2.22. The highest BCUT2D eigenvalue weighted by Gasteiger charge is 2.14. The first-order valence-corrected chi connectivity index (χ1v) is 17.2. The van der Waals surface area contributed by atoms with E-state index in [-0.39, 0.29) is 5.97 Å². The van der Waals surface area contributed by atoms with Crippen molar-refractivity contribution in [3.05, 3.63) is 29.8 Å². The van der Waals surface area contributed by atoms with Crippen LogP contribution in [0.2, 0.25) is 0 Å². The van der Waals surface area contributed by atoms with Crippen LogP contribution >= 0.6 is 0 Å². The molecule has 0 spiro atoms. The standard InChI is InChI=1S/C37H64O4/c1-6-8-10-12-14-16-18-20-22-24-30-39-34-27-28-35(33(32-34)26-29-36(38)41-37(3,4)5)40-31-25-23-21-19-17-15-13-11-9-7-2/h26-29,32H,6-25,30-31H2,1-5H3. The fraction of sp³-hybridized carbons (Fsp3) is 0.757. The van der Waals surface area contributed by atoms with Gasteiger partial charge in [0.05, 0.1) is 13.2 Å². The van der Waals surface area contributed by atoms with Crippen molar-refractivity contribution in [2.24, 2.45) is 0 Å². The molecule has 0 unspecified atom stereocenters. The van der Waals surface area contributed by atoms with E-state index in [4.69, 9.17) is 14.2 Å². The summed E-state index contributed by atoms with van der Waals surface area (Å²) < 4.78 is 17.7. The van der Waals surface area contributed by atoms with Crippen molar-refractivity contribution in [2.45, 2.75) is 169 Å². The van der Waals surface area contributed by atoms with E-state index in [1.807, 2.05) is 39.0 Å². The summed E-state index contributed by atoms with van der Waals surface area (Å²) in [5, 5.41) is 0. The number of esters is 1. The normalized spacial score (nSPS) is 11.7. The Balaban J connectivity index is 2.46. The monoisotopic (exact) mass is 572 g/mol. The van der Waals surface area contributed by atoms with Gasteiger partial charge in [-0.05, 0) is 57.9 Å². The molecule has 0 heterocycles. The molecule has 1 aromatic carbocycles. The summed E-state index contributed by atoms with van der Waals surface area (Å²) in [6.07, 6.45) is 29.4. The van der Waals surface area contributed by atoms with Crippen molar-refractivity contribution in [1.29, 1.82) is 0 Å². The van der Waals surface area contributed by atoms with Gasteiger partial charge in [-0.15, -0.1) is 0 Å². The number of ether oxygens (including phenoxy) is 3. The maximum absolute atomic E-state index is 12.3. The molecule has 0 N–H and O–H groups in total. The van der Waals surface area contributed by atoms with Crippen LogP contribution in [0.25, 0.3) is 6.08 Å². The molecule has 41 heavy (non-hydrogen) atoms. The van der Waals surface area contributed by atoms with Gasteiger partial charge >= 0.3 is 5.97 Å². The van der Waals surface area contributed by atoms with Crippen LogP contribution in [0.5, 0.6) is 11.5 Å².